The molecule has 5 rings (SSSR count). The van der Waals surface area contributed by atoms with Crippen molar-refractivity contribution in [1.29, 1.82) is 0 Å². The van der Waals surface area contributed by atoms with E-state index < -0.39 is 0 Å². The first-order valence-corrected chi connectivity index (χ1v) is 11.2. The van der Waals surface area contributed by atoms with Gasteiger partial charge < -0.3 is 28.5 Å². The first kappa shape index (κ1) is 23.1. The Balaban J connectivity index is 0.00000259. The maximum absolute atomic E-state index is 11.2. The minimum Gasteiger partial charge on any atom is -1.00 e. The number of benzene rings is 3. The number of aryl methyl sites for hydroxylation is 2. The Morgan fingerprint density at radius 3 is 2.55 bits per heavy atom. The van der Waals surface area contributed by atoms with Gasteiger partial charge in [0.1, 0.15) is 17.5 Å². The highest BCUT2D eigenvalue weighted by Gasteiger charge is 2.21. The molecule has 33 heavy (non-hydrogen) atoms. The summed E-state index contributed by atoms with van der Waals surface area (Å²) < 4.78 is 5.20. The van der Waals surface area contributed by atoms with Gasteiger partial charge in [-0.25, -0.2) is 4.99 Å². The van der Waals surface area contributed by atoms with Gasteiger partial charge in [0, 0.05) is 36.2 Å². The van der Waals surface area contributed by atoms with E-state index in [0.29, 0.717) is 0 Å². The lowest BCUT2D eigenvalue weighted by Crippen LogP contribution is -3.00. The molecular formula is C25H21IN4O2S. The molecule has 0 saturated heterocycles. The summed E-state index contributed by atoms with van der Waals surface area (Å²) in [5.74, 6) is 0. The van der Waals surface area contributed by atoms with Crippen molar-refractivity contribution >= 4 is 50.0 Å². The van der Waals surface area contributed by atoms with Gasteiger partial charge in [0.05, 0.1) is 21.8 Å². The zero-order valence-electron chi connectivity index (χ0n) is 18.1. The van der Waals surface area contributed by atoms with Crippen LogP contribution in [0.4, 0.5) is 11.4 Å². The number of non-ortho nitro benzene ring substituents is 1. The molecule has 3 aromatic carbocycles. The number of hydrogen-bond acceptors (Lipinski definition) is 4. The Hall–Kier alpha value is -3.11. The minimum atomic E-state index is -0.356. The molecular weight excluding hydrogens is 547 g/mol. The fraction of sp³-hybridized carbons (Fsp3) is 0.120. The molecule has 0 N–H and O–H groups in total. The Bertz CT molecular complexity index is 1510. The van der Waals surface area contributed by atoms with E-state index in [1.54, 1.807) is 12.1 Å². The third kappa shape index (κ3) is 4.04. The van der Waals surface area contributed by atoms with Crippen LogP contribution in [0.5, 0.6) is 0 Å². The predicted octanol–water partition coefficient (Wildman–Crippen LogP) is 3.03. The highest BCUT2D eigenvalue weighted by molar-refractivity contribution is 7.19. The second-order valence-electron chi connectivity index (χ2n) is 7.49. The van der Waals surface area contributed by atoms with Gasteiger partial charge in [-0.15, -0.1) is 0 Å². The van der Waals surface area contributed by atoms with Gasteiger partial charge in [0.25, 0.3) is 10.7 Å². The average molecular weight is 568 g/mol. The van der Waals surface area contributed by atoms with Crippen LogP contribution in [-0.2, 0) is 13.6 Å². The molecule has 0 fully saturated rings. The van der Waals surface area contributed by atoms with Crippen LogP contribution in [0.15, 0.2) is 77.8 Å². The lowest BCUT2D eigenvalue weighted by atomic mass is 10.1. The van der Waals surface area contributed by atoms with Gasteiger partial charge in [0.2, 0.25) is 5.52 Å². The van der Waals surface area contributed by atoms with Crippen LogP contribution in [0, 0.1) is 10.1 Å². The molecule has 0 unspecified atom stereocenters. The summed E-state index contributed by atoms with van der Waals surface area (Å²) in [6.07, 6.45) is 1.88. The van der Waals surface area contributed by atoms with Crippen molar-refractivity contribution < 1.29 is 33.5 Å². The number of halogens is 1. The van der Waals surface area contributed by atoms with E-state index in [1.807, 2.05) is 42.6 Å². The van der Waals surface area contributed by atoms with Crippen LogP contribution >= 0.6 is 11.3 Å². The summed E-state index contributed by atoms with van der Waals surface area (Å²) >= 11 is 1.52. The van der Waals surface area contributed by atoms with Crippen molar-refractivity contribution in [2.75, 3.05) is 0 Å². The van der Waals surface area contributed by atoms with Crippen molar-refractivity contribution in [2.24, 2.45) is 12.0 Å². The number of nitro groups is 1. The molecule has 8 heteroatoms. The second kappa shape index (κ2) is 9.40. The molecule has 166 valence electrons. The molecule has 2 heterocycles. The predicted molar refractivity (Wildman–Crippen MR) is 130 cm³/mol. The van der Waals surface area contributed by atoms with Gasteiger partial charge in [-0.2, -0.15) is 4.57 Å². The van der Waals surface area contributed by atoms with Gasteiger partial charge in [0.15, 0.2) is 0 Å². The summed E-state index contributed by atoms with van der Waals surface area (Å²) in [4.78, 5) is 15.8. The number of para-hydroxylation sites is 1. The molecule has 0 aliphatic carbocycles. The quantitative estimate of drug-likeness (QED) is 0.108. The normalized spacial score (nSPS) is 11.3. The molecule has 0 saturated carbocycles. The number of hydrogen-bond donors (Lipinski definition) is 0. The van der Waals surface area contributed by atoms with Gasteiger partial charge in [-0.05, 0) is 13.0 Å². The van der Waals surface area contributed by atoms with Crippen molar-refractivity contribution in [2.45, 2.75) is 13.5 Å². The Kier molecular flexibility index (Phi) is 6.57. The number of aromatic nitrogens is 2. The standard InChI is InChI=1S/C25H21N4O2S.HI/c1-3-28-21-14-13-18(29(30)31)15-22(21)32-23(28)16-26-24-19-11-7-8-12-20(19)27(2)25(24)17-9-5-4-6-10-17;/h4-16H,3H2,1-2H3;1H/q+1;/p-1. The van der Waals surface area contributed by atoms with E-state index in [1.165, 1.54) is 11.3 Å². The van der Waals surface area contributed by atoms with Crippen molar-refractivity contribution in [1.82, 2.24) is 4.57 Å². The van der Waals surface area contributed by atoms with E-state index in [2.05, 4.69) is 47.4 Å². The monoisotopic (exact) mass is 568 g/mol. The van der Waals surface area contributed by atoms with Crippen LogP contribution in [0.3, 0.4) is 0 Å². The number of fused-ring (bicyclic) bond motifs is 2. The molecule has 0 amide bonds. The second-order valence-corrected chi connectivity index (χ2v) is 8.55. The smallest absolute Gasteiger partial charge is 0.281 e. The summed E-state index contributed by atoms with van der Waals surface area (Å²) in [5.41, 5.74) is 5.28. The number of nitro benzene ring substituents is 1. The molecule has 0 aliphatic heterocycles. The highest BCUT2D eigenvalue weighted by Crippen LogP contribution is 2.39. The van der Waals surface area contributed by atoms with E-state index >= 15 is 0 Å². The minimum absolute atomic E-state index is 0. The van der Waals surface area contributed by atoms with Gasteiger partial charge >= 0.3 is 0 Å². The molecule has 0 spiro atoms. The summed E-state index contributed by atoms with van der Waals surface area (Å²) in [6.45, 7) is 2.82. The fourth-order valence-electron chi connectivity index (χ4n) is 4.18. The molecule has 0 bridgehead atoms. The van der Waals surface area contributed by atoms with E-state index in [0.717, 1.165) is 49.6 Å². The van der Waals surface area contributed by atoms with Crippen LogP contribution < -0.4 is 28.5 Å². The maximum atomic E-state index is 11.2. The third-order valence-electron chi connectivity index (χ3n) is 5.67. The fourth-order valence-corrected chi connectivity index (χ4v) is 5.31. The largest absolute Gasteiger partial charge is 1.00 e. The van der Waals surface area contributed by atoms with Crippen molar-refractivity contribution in [3.63, 3.8) is 0 Å². The first-order chi connectivity index (χ1) is 15.6. The zero-order valence-corrected chi connectivity index (χ0v) is 21.1. The lowest BCUT2D eigenvalue weighted by Gasteiger charge is -2.05. The number of aliphatic imine (C=N–C) groups is 1. The highest BCUT2D eigenvalue weighted by atomic mass is 127. The molecule has 0 radical (unpaired) electrons. The van der Waals surface area contributed by atoms with E-state index in [9.17, 15) is 10.1 Å². The zero-order chi connectivity index (χ0) is 22.2. The lowest BCUT2D eigenvalue weighted by molar-refractivity contribution is -0.664. The molecule has 5 aromatic rings. The van der Waals surface area contributed by atoms with Gasteiger partial charge in [-0.3, -0.25) is 10.1 Å². The summed E-state index contributed by atoms with van der Waals surface area (Å²) in [7, 11) is 2.06. The Morgan fingerprint density at radius 2 is 1.82 bits per heavy atom. The SMILES string of the molecule is CC[n+]1c(C=Nc2c(-c3ccccc3)n(C)c3ccccc23)sc2cc([N+](=O)[O-])ccc21.[I-]. The van der Waals surface area contributed by atoms with Gasteiger partial charge in [-0.1, -0.05) is 59.9 Å². The maximum Gasteiger partial charge on any atom is 0.281 e. The molecule has 2 aromatic heterocycles. The number of nitrogens with zero attached hydrogens (tertiary/aromatic N) is 4. The van der Waals surface area contributed by atoms with Crippen molar-refractivity contribution in [3.8, 4) is 11.3 Å². The summed E-state index contributed by atoms with van der Waals surface area (Å²) in [6, 6.07) is 23.5. The van der Waals surface area contributed by atoms with Crippen molar-refractivity contribution in [3.05, 3.63) is 87.9 Å². The first-order valence-electron chi connectivity index (χ1n) is 10.4. The molecule has 6 nitrogen and oxygen atoms in total. The number of rotatable bonds is 5. The third-order valence-corrected chi connectivity index (χ3v) is 6.76. The summed E-state index contributed by atoms with van der Waals surface area (Å²) in [5, 5.41) is 13.2. The Labute approximate surface area is 212 Å². The van der Waals surface area contributed by atoms with E-state index in [4.69, 9.17) is 4.99 Å². The number of thiazole rings is 1. The van der Waals surface area contributed by atoms with E-state index in [-0.39, 0.29) is 34.6 Å². The average Bonchev–Trinajstić information content (AvgIpc) is 3.32. The molecule has 0 aliphatic rings. The topological polar surface area (TPSA) is 64.3 Å². The van der Waals surface area contributed by atoms with Crippen LogP contribution in [0.1, 0.15) is 11.9 Å². The Morgan fingerprint density at radius 1 is 1.09 bits per heavy atom. The van der Waals surface area contributed by atoms with Crippen LogP contribution in [0.2, 0.25) is 0 Å². The van der Waals surface area contributed by atoms with Crippen LogP contribution in [-0.4, -0.2) is 15.7 Å². The van der Waals surface area contributed by atoms with Crippen LogP contribution in [0.25, 0.3) is 32.4 Å². The molecule has 0 atom stereocenters.